The van der Waals surface area contributed by atoms with Crippen molar-refractivity contribution in [2.75, 3.05) is 0 Å². The Morgan fingerprint density at radius 2 is 2.10 bits per heavy atom. The zero-order chi connectivity index (χ0) is 14.3. The number of nitrogens with zero attached hydrogens (tertiary/aromatic N) is 3. The van der Waals surface area contributed by atoms with E-state index >= 15 is 0 Å². The summed E-state index contributed by atoms with van der Waals surface area (Å²) in [5.41, 5.74) is 1.27. The van der Waals surface area contributed by atoms with Crippen molar-refractivity contribution in [2.24, 2.45) is 0 Å². The summed E-state index contributed by atoms with van der Waals surface area (Å²) in [5, 5.41) is 1.82. The van der Waals surface area contributed by atoms with Crippen LogP contribution in [0.2, 0.25) is 0 Å². The summed E-state index contributed by atoms with van der Waals surface area (Å²) in [6.45, 7) is 2.20. The van der Waals surface area contributed by atoms with Crippen molar-refractivity contribution in [3.63, 3.8) is 0 Å². The summed E-state index contributed by atoms with van der Waals surface area (Å²) in [6, 6.07) is 4.80. The van der Waals surface area contributed by atoms with Crippen molar-refractivity contribution >= 4 is 38.9 Å². The van der Waals surface area contributed by atoms with E-state index in [0.29, 0.717) is 17.2 Å². The van der Waals surface area contributed by atoms with Crippen LogP contribution in [0, 0.1) is 10.5 Å². The highest BCUT2D eigenvalue weighted by Gasteiger charge is 2.08. The zero-order valence-corrected chi connectivity index (χ0v) is 13.5. The van der Waals surface area contributed by atoms with Crippen LogP contribution >= 0.6 is 33.9 Å². The van der Waals surface area contributed by atoms with E-state index in [2.05, 4.69) is 27.6 Å². The molecule has 0 aliphatic rings. The topological polar surface area (TPSA) is 56.4 Å². The predicted molar refractivity (Wildman–Crippen MR) is 86.6 cm³/mol. The average molecular weight is 399 g/mol. The van der Waals surface area contributed by atoms with Crippen LogP contribution in [0.5, 0.6) is 0 Å². The van der Waals surface area contributed by atoms with E-state index < -0.39 is 0 Å². The van der Waals surface area contributed by atoms with Crippen LogP contribution in [0.3, 0.4) is 0 Å². The number of halogens is 1. The van der Waals surface area contributed by atoms with Gasteiger partial charge in [0.15, 0.2) is 4.96 Å². The fraction of sp³-hybridized carbons (Fsp3) is 0.154. The highest BCUT2D eigenvalue weighted by atomic mass is 127. The highest BCUT2D eigenvalue weighted by Crippen LogP contribution is 2.11. The number of rotatable bonds is 2. The minimum Gasteiger partial charge on any atom is -0.306 e. The Labute approximate surface area is 131 Å². The monoisotopic (exact) mass is 399 g/mol. The maximum atomic E-state index is 11.9. The Hall–Kier alpha value is -1.48. The molecule has 0 aliphatic carbocycles. The molecule has 0 aliphatic heterocycles. The number of fused-ring (bicyclic) bond motifs is 1. The van der Waals surface area contributed by atoms with E-state index in [1.54, 1.807) is 16.8 Å². The summed E-state index contributed by atoms with van der Waals surface area (Å²) in [7, 11) is 0. The van der Waals surface area contributed by atoms with Gasteiger partial charge in [0, 0.05) is 33.0 Å². The van der Waals surface area contributed by atoms with E-state index in [1.807, 2.05) is 12.3 Å². The molecule has 3 aromatic rings. The first-order valence-electron chi connectivity index (χ1n) is 5.88. The second-order valence-electron chi connectivity index (χ2n) is 4.33. The number of aromatic nitrogens is 3. The Morgan fingerprint density at radius 3 is 2.90 bits per heavy atom. The molecule has 7 heteroatoms. The summed E-state index contributed by atoms with van der Waals surface area (Å²) in [4.78, 5) is 28.9. The van der Waals surface area contributed by atoms with Crippen LogP contribution in [0.25, 0.3) is 4.96 Å². The first-order valence-corrected chi connectivity index (χ1v) is 7.84. The summed E-state index contributed by atoms with van der Waals surface area (Å²) < 4.78 is 4.14. The van der Waals surface area contributed by atoms with E-state index in [0.717, 1.165) is 9.26 Å². The molecule has 3 aromatic heterocycles. The van der Waals surface area contributed by atoms with E-state index in [9.17, 15) is 9.59 Å². The van der Waals surface area contributed by atoms with Crippen molar-refractivity contribution in [1.82, 2.24) is 14.0 Å². The van der Waals surface area contributed by atoms with Crippen LogP contribution in [-0.4, -0.2) is 14.0 Å². The summed E-state index contributed by atoms with van der Waals surface area (Å²) >= 11 is 3.59. The molecule has 0 saturated carbocycles. The van der Waals surface area contributed by atoms with Crippen LogP contribution in [0.4, 0.5) is 0 Å². The summed E-state index contributed by atoms with van der Waals surface area (Å²) in [5.74, 6) is 0. The smallest absolute Gasteiger partial charge is 0.258 e. The number of hydrogen-bond acceptors (Lipinski definition) is 4. The second-order valence-corrected chi connectivity index (χ2v) is 6.37. The lowest BCUT2D eigenvalue weighted by Gasteiger charge is -2.10. The second kappa shape index (κ2) is 5.13. The molecule has 102 valence electrons. The van der Waals surface area contributed by atoms with Gasteiger partial charge in [-0.1, -0.05) is 0 Å². The van der Waals surface area contributed by atoms with Crippen LogP contribution < -0.4 is 11.1 Å². The van der Waals surface area contributed by atoms with Crippen LogP contribution in [0.1, 0.15) is 11.4 Å². The SMILES string of the molecule is Cc1c(I)ccc(=O)n1Cc1cc(=O)n2ccsc2n1. The molecule has 0 unspecified atom stereocenters. The van der Waals surface area contributed by atoms with Crippen molar-refractivity contribution in [1.29, 1.82) is 0 Å². The lowest BCUT2D eigenvalue weighted by Crippen LogP contribution is -2.24. The van der Waals surface area contributed by atoms with E-state index in [-0.39, 0.29) is 11.1 Å². The average Bonchev–Trinajstić information content (AvgIpc) is 2.88. The van der Waals surface area contributed by atoms with E-state index in [1.165, 1.54) is 27.9 Å². The van der Waals surface area contributed by atoms with Gasteiger partial charge >= 0.3 is 0 Å². The predicted octanol–water partition coefficient (Wildman–Crippen LogP) is 1.88. The Morgan fingerprint density at radius 1 is 1.30 bits per heavy atom. The van der Waals surface area contributed by atoms with Crippen molar-refractivity contribution in [2.45, 2.75) is 13.5 Å². The van der Waals surface area contributed by atoms with E-state index in [4.69, 9.17) is 0 Å². The lowest BCUT2D eigenvalue weighted by atomic mass is 10.3. The molecule has 0 amide bonds. The molecule has 0 fully saturated rings. The molecule has 0 aromatic carbocycles. The zero-order valence-electron chi connectivity index (χ0n) is 10.5. The molecule has 0 spiro atoms. The van der Waals surface area contributed by atoms with Crippen LogP contribution in [0.15, 0.2) is 39.4 Å². The van der Waals surface area contributed by atoms with Crippen molar-refractivity contribution in [3.05, 3.63) is 65.4 Å². The standard InChI is InChI=1S/C13H10IN3O2S/c1-8-10(14)2-3-11(18)17(8)7-9-6-12(19)16-4-5-20-13(16)15-9/h2-6H,7H2,1H3. The minimum absolute atomic E-state index is 0.0869. The Balaban J connectivity index is 2.12. The molecule has 0 radical (unpaired) electrons. The fourth-order valence-electron chi connectivity index (χ4n) is 1.98. The van der Waals surface area contributed by atoms with Crippen molar-refractivity contribution < 1.29 is 0 Å². The maximum absolute atomic E-state index is 11.9. The van der Waals surface area contributed by atoms with Gasteiger partial charge in [-0.25, -0.2) is 4.98 Å². The van der Waals surface area contributed by atoms with Gasteiger partial charge in [-0.2, -0.15) is 0 Å². The number of hydrogen-bond donors (Lipinski definition) is 0. The van der Waals surface area contributed by atoms with Gasteiger partial charge < -0.3 is 4.57 Å². The number of pyridine rings is 1. The molecular weight excluding hydrogens is 389 g/mol. The molecule has 0 N–H and O–H groups in total. The van der Waals surface area contributed by atoms with Gasteiger partial charge in [0.25, 0.3) is 11.1 Å². The third-order valence-corrected chi connectivity index (χ3v) is 4.96. The minimum atomic E-state index is -0.123. The third kappa shape index (κ3) is 2.31. The van der Waals surface area contributed by atoms with Gasteiger partial charge in [0.05, 0.1) is 12.2 Å². The molecule has 3 rings (SSSR count). The quantitative estimate of drug-likeness (QED) is 0.619. The lowest BCUT2D eigenvalue weighted by molar-refractivity contribution is 0.707. The number of thiazole rings is 1. The first-order chi connectivity index (χ1) is 9.56. The maximum Gasteiger partial charge on any atom is 0.258 e. The van der Waals surface area contributed by atoms with Gasteiger partial charge in [-0.05, 0) is 35.6 Å². The third-order valence-electron chi connectivity index (χ3n) is 3.07. The Kier molecular flexibility index (Phi) is 3.47. The van der Waals surface area contributed by atoms with Gasteiger partial charge in [0.2, 0.25) is 0 Å². The first kappa shape index (κ1) is 13.5. The molecule has 3 heterocycles. The summed E-state index contributed by atoms with van der Waals surface area (Å²) in [6.07, 6.45) is 1.70. The molecule has 0 saturated heterocycles. The fourth-order valence-corrected chi connectivity index (χ4v) is 3.19. The van der Waals surface area contributed by atoms with Crippen LogP contribution in [-0.2, 0) is 6.54 Å². The van der Waals surface area contributed by atoms with Gasteiger partial charge in [0.1, 0.15) is 0 Å². The Bertz CT molecular complexity index is 910. The van der Waals surface area contributed by atoms with Crippen molar-refractivity contribution in [3.8, 4) is 0 Å². The molecule has 0 bridgehead atoms. The molecular formula is C13H10IN3O2S. The highest BCUT2D eigenvalue weighted by molar-refractivity contribution is 14.1. The van der Waals surface area contributed by atoms with Gasteiger partial charge in [-0.3, -0.25) is 14.0 Å². The molecule has 20 heavy (non-hydrogen) atoms. The van der Waals surface area contributed by atoms with Gasteiger partial charge in [-0.15, -0.1) is 11.3 Å². The molecule has 5 nitrogen and oxygen atoms in total. The largest absolute Gasteiger partial charge is 0.306 e. The molecule has 0 atom stereocenters. The normalized spacial score (nSPS) is 11.1.